The lowest BCUT2D eigenvalue weighted by atomic mass is 10.4. The van der Waals surface area contributed by atoms with Crippen LogP contribution in [0.4, 0.5) is 0 Å². The highest BCUT2D eigenvalue weighted by atomic mass is 16.5. The Bertz CT molecular complexity index is 84.3. The zero-order valence-electron chi connectivity index (χ0n) is 3.92. The Morgan fingerprint density at radius 2 is 2.71 bits per heavy atom. The molecule has 0 atom stereocenters. The van der Waals surface area contributed by atoms with Crippen LogP contribution in [0.1, 0.15) is 6.42 Å². The third-order valence-corrected chi connectivity index (χ3v) is 0.673. The van der Waals surface area contributed by atoms with E-state index in [1.54, 1.807) is 0 Å². The fourth-order valence-corrected chi connectivity index (χ4v) is 0.365. The first-order valence-corrected chi connectivity index (χ1v) is 2.20. The molecule has 2 nitrogen and oxygen atoms in total. The van der Waals surface area contributed by atoms with Crippen molar-refractivity contribution in [3.63, 3.8) is 0 Å². The van der Waals surface area contributed by atoms with Crippen molar-refractivity contribution in [3.05, 3.63) is 12.3 Å². The van der Waals surface area contributed by atoms with Crippen molar-refractivity contribution in [2.24, 2.45) is 4.99 Å². The van der Waals surface area contributed by atoms with Crippen LogP contribution in [-0.4, -0.2) is 13.0 Å². The molecule has 0 fully saturated rings. The van der Waals surface area contributed by atoms with Gasteiger partial charge < -0.3 is 4.74 Å². The molecule has 1 aliphatic heterocycles. The van der Waals surface area contributed by atoms with Crippen LogP contribution in [0.15, 0.2) is 11.1 Å². The molecule has 0 unspecified atom stereocenters. The van der Waals surface area contributed by atoms with Crippen LogP contribution in [0.3, 0.4) is 0 Å². The first-order chi connectivity index (χ1) is 3.50. The molecule has 0 spiro atoms. The van der Waals surface area contributed by atoms with Gasteiger partial charge in [0.2, 0.25) is 0 Å². The van der Waals surface area contributed by atoms with Crippen LogP contribution in [-0.2, 0) is 4.74 Å². The van der Waals surface area contributed by atoms with Gasteiger partial charge in [-0.15, -0.1) is 0 Å². The van der Waals surface area contributed by atoms with E-state index >= 15 is 0 Å². The van der Waals surface area contributed by atoms with Crippen molar-refractivity contribution in [1.29, 1.82) is 0 Å². The van der Waals surface area contributed by atoms with Crippen LogP contribution in [0.5, 0.6) is 0 Å². The van der Waals surface area contributed by atoms with Gasteiger partial charge in [0.05, 0.1) is 12.8 Å². The summed E-state index contributed by atoms with van der Waals surface area (Å²) >= 11 is 0. The van der Waals surface area contributed by atoms with Gasteiger partial charge in [0.1, 0.15) is 0 Å². The molecule has 0 amide bonds. The summed E-state index contributed by atoms with van der Waals surface area (Å²) in [6, 6.07) is 0. The Balaban J connectivity index is 2.39. The predicted octanol–water partition coefficient (Wildman–Crippen LogP) is 0.752. The van der Waals surface area contributed by atoms with E-state index in [0.29, 0.717) is 0 Å². The first-order valence-electron chi connectivity index (χ1n) is 2.20. The second-order valence-electron chi connectivity index (χ2n) is 1.23. The molecule has 0 saturated carbocycles. The lowest BCUT2D eigenvalue weighted by Gasteiger charge is -1.88. The van der Waals surface area contributed by atoms with Crippen molar-refractivity contribution < 1.29 is 4.74 Å². The second-order valence-corrected chi connectivity index (χ2v) is 1.23. The Labute approximate surface area is 42.5 Å². The van der Waals surface area contributed by atoms with E-state index in [2.05, 4.69) is 11.2 Å². The standard InChI is InChI=1S/C5H6NO/c1-2-4-7-5-6-3-1/h1,5H,2,4H2. The van der Waals surface area contributed by atoms with E-state index in [4.69, 9.17) is 4.74 Å². The number of hydrogen-bond donors (Lipinski definition) is 0. The highest BCUT2D eigenvalue weighted by Crippen LogP contribution is 1.87. The lowest BCUT2D eigenvalue weighted by molar-refractivity contribution is 0.330. The van der Waals surface area contributed by atoms with Crippen LogP contribution in [0.25, 0.3) is 0 Å². The minimum Gasteiger partial charge on any atom is -0.483 e. The molecule has 1 heterocycles. The third kappa shape index (κ3) is 1.39. The van der Waals surface area contributed by atoms with Crippen LogP contribution < -0.4 is 0 Å². The summed E-state index contributed by atoms with van der Waals surface area (Å²) in [5.74, 6) is 0. The summed E-state index contributed by atoms with van der Waals surface area (Å²) in [4.78, 5) is 3.62. The number of rotatable bonds is 0. The molecule has 0 bridgehead atoms. The highest BCUT2D eigenvalue weighted by molar-refractivity contribution is 5.47. The van der Waals surface area contributed by atoms with Crippen molar-refractivity contribution in [2.45, 2.75) is 6.42 Å². The largest absolute Gasteiger partial charge is 0.483 e. The van der Waals surface area contributed by atoms with Crippen LogP contribution in [0.2, 0.25) is 0 Å². The molecule has 0 aromatic heterocycles. The molecule has 0 aliphatic carbocycles. The normalized spacial score (nSPS) is 18.3. The number of hydrogen-bond acceptors (Lipinski definition) is 2. The van der Waals surface area contributed by atoms with Gasteiger partial charge in [-0.2, -0.15) is 0 Å². The monoisotopic (exact) mass is 96.0 g/mol. The van der Waals surface area contributed by atoms with E-state index in [1.165, 1.54) is 6.40 Å². The maximum Gasteiger partial charge on any atom is 0.174 e. The molecule has 0 aromatic carbocycles. The summed E-state index contributed by atoms with van der Waals surface area (Å²) < 4.78 is 4.81. The van der Waals surface area contributed by atoms with Gasteiger partial charge in [0, 0.05) is 6.42 Å². The molecule has 37 valence electrons. The highest BCUT2D eigenvalue weighted by Gasteiger charge is 1.81. The van der Waals surface area contributed by atoms with Gasteiger partial charge >= 0.3 is 0 Å². The second kappa shape index (κ2) is 2.39. The number of aliphatic imine (C=N–C) groups is 1. The molecule has 2 heteroatoms. The molecular formula is C5H6NO. The summed E-state index contributed by atoms with van der Waals surface area (Å²) in [6.07, 6.45) is 6.84. The maximum atomic E-state index is 4.81. The molecular weight excluding hydrogens is 90.1 g/mol. The minimum absolute atomic E-state index is 0.733. The third-order valence-electron chi connectivity index (χ3n) is 0.673. The summed E-state index contributed by atoms with van der Waals surface area (Å²) in [7, 11) is 0. The molecule has 0 saturated heterocycles. The van der Waals surface area contributed by atoms with Gasteiger partial charge in [-0.3, -0.25) is 0 Å². The average Bonchev–Trinajstić information content (AvgIpc) is 1.90. The van der Waals surface area contributed by atoms with Crippen molar-refractivity contribution in [2.75, 3.05) is 6.61 Å². The van der Waals surface area contributed by atoms with E-state index in [-0.39, 0.29) is 0 Å². The lowest BCUT2D eigenvalue weighted by Crippen LogP contribution is -1.85. The SMILES string of the molecule is [C]1=CCCOC=N1. The van der Waals surface area contributed by atoms with Crippen LogP contribution in [0, 0.1) is 6.20 Å². The molecule has 0 aromatic rings. The molecule has 1 radical (unpaired) electrons. The predicted molar refractivity (Wildman–Crippen MR) is 26.9 cm³/mol. The fourth-order valence-electron chi connectivity index (χ4n) is 0.365. The maximum absolute atomic E-state index is 4.81. The Morgan fingerprint density at radius 1 is 1.71 bits per heavy atom. The fraction of sp³-hybridized carbons (Fsp3) is 0.400. The van der Waals surface area contributed by atoms with Gasteiger partial charge in [0.15, 0.2) is 6.40 Å². The van der Waals surface area contributed by atoms with Gasteiger partial charge in [-0.05, 0) is 0 Å². The van der Waals surface area contributed by atoms with Gasteiger partial charge in [-0.1, -0.05) is 6.08 Å². The Hall–Kier alpha value is -0.790. The molecule has 0 N–H and O–H groups in total. The topological polar surface area (TPSA) is 21.6 Å². The first kappa shape index (κ1) is 4.37. The van der Waals surface area contributed by atoms with Crippen molar-refractivity contribution >= 4 is 6.40 Å². The summed E-state index contributed by atoms with van der Waals surface area (Å²) in [6.45, 7) is 0.733. The van der Waals surface area contributed by atoms with Crippen molar-refractivity contribution in [3.8, 4) is 0 Å². The van der Waals surface area contributed by atoms with Gasteiger partial charge in [-0.25, -0.2) is 4.99 Å². The molecule has 1 aliphatic rings. The Morgan fingerprint density at radius 3 is 3.71 bits per heavy atom. The van der Waals surface area contributed by atoms with Gasteiger partial charge in [0.25, 0.3) is 0 Å². The average molecular weight is 96.1 g/mol. The molecule has 1 rings (SSSR count). The zero-order chi connectivity index (χ0) is 4.95. The summed E-state index contributed by atoms with van der Waals surface area (Å²) in [5.41, 5.74) is 0. The minimum atomic E-state index is 0.733. The van der Waals surface area contributed by atoms with E-state index < -0.39 is 0 Å². The van der Waals surface area contributed by atoms with E-state index in [1.807, 2.05) is 6.08 Å². The van der Waals surface area contributed by atoms with E-state index in [9.17, 15) is 0 Å². The number of ether oxygens (including phenoxy) is 1. The van der Waals surface area contributed by atoms with Crippen molar-refractivity contribution in [1.82, 2.24) is 0 Å². The van der Waals surface area contributed by atoms with Crippen LogP contribution >= 0.6 is 0 Å². The van der Waals surface area contributed by atoms with E-state index in [0.717, 1.165) is 13.0 Å². The quantitative estimate of drug-likeness (QED) is 0.436. The zero-order valence-corrected chi connectivity index (χ0v) is 3.92. The molecule has 7 heavy (non-hydrogen) atoms. The smallest absolute Gasteiger partial charge is 0.174 e. The number of nitrogens with zero attached hydrogens (tertiary/aromatic N) is 1. The Kier molecular flexibility index (Phi) is 1.50. The summed E-state index contributed by atoms with van der Waals surface area (Å²) in [5, 5.41) is 0.